The van der Waals surface area contributed by atoms with Crippen molar-refractivity contribution in [2.75, 3.05) is 18.5 Å². The van der Waals surface area contributed by atoms with Crippen molar-refractivity contribution in [1.82, 2.24) is 0 Å². The number of anilines is 1. The molecule has 2 rings (SSSR count). The predicted octanol–water partition coefficient (Wildman–Crippen LogP) is 1.09. The highest BCUT2D eigenvalue weighted by Gasteiger charge is 2.17. The molecule has 0 aromatic heterocycles. The van der Waals surface area contributed by atoms with Crippen molar-refractivity contribution in [1.29, 1.82) is 0 Å². The van der Waals surface area contributed by atoms with Gasteiger partial charge in [0.2, 0.25) is 0 Å². The number of fused-ring (bicyclic) bond motifs is 1. The Labute approximate surface area is 70.9 Å². The average Bonchev–Trinajstić information content (AvgIpc) is 2.35. The summed E-state index contributed by atoms with van der Waals surface area (Å²) in [6.07, 6.45) is 0.944. The van der Waals surface area contributed by atoms with Crippen LogP contribution in [0.4, 0.5) is 5.69 Å². The number of phenols is 2. The van der Waals surface area contributed by atoms with Crippen LogP contribution in [-0.4, -0.2) is 23.8 Å². The van der Waals surface area contributed by atoms with Crippen LogP contribution in [-0.2, 0) is 6.42 Å². The Hall–Kier alpha value is -1.38. The van der Waals surface area contributed by atoms with Crippen LogP contribution in [0.3, 0.4) is 0 Å². The van der Waals surface area contributed by atoms with E-state index in [1.807, 2.05) is 7.05 Å². The van der Waals surface area contributed by atoms with Crippen molar-refractivity contribution in [3.05, 3.63) is 17.7 Å². The lowest BCUT2D eigenvalue weighted by Gasteiger charge is -2.11. The first-order chi connectivity index (χ1) is 5.68. The highest BCUT2D eigenvalue weighted by Crippen LogP contribution is 2.36. The molecule has 0 spiro atoms. The molecule has 2 N–H and O–H groups in total. The summed E-state index contributed by atoms with van der Waals surface area (Å²) in [6, 6.07) is 3.24. The average molecular weight is 165 g/mol. The van der Waals surface area contributed by atoms with Crippen LogP contribution >= 0.6 is 0 Å². The Morgan fingerprint density at radius 3 is 2.67 bits per heavy atom. The smallest absolute Gasteiger partial charge is 0.159 e. The lowest BCUT2D eigenvalue weighted by molar-refractivity contribution is 0.403. The van der Waals surface area contributed by atoms with Crippen LogP contribution in [0.25, 0.3) is 0 Å². The molecule has 0 aliphatic carbocycles. The summed E-state index contributed by atoms with van der Waals surface area (Å²) in [5.74, 6) is -0.0634. The molecule has 0 radical (unpaired) electrons. The molecule has 0 amide bonds. The molecule has 0 bridgehead atoms. The second-order valence-electron chi connectivity index (χ2n) is 3.14. The first kappa shape index (κ1) is 7.28. The third-order valence-corrected chi connectivity index (χ3v) is 2.30. The maximum absolute atomic E-state index is 9.22. The van der Waals surface area contributed by atoms with Crippen molar-refractivity contribution in [3.63, 3.8) is 0 Å². The molecule has 1 aliphatic rings. The zero-order chi connectivity index (χ0) is 8.72. The van der Waals surface area contributed by atoms with Gasteiger partial charge in [0.05, 0.1) is 0 Å². The van der Waals surface area contributed by atoms with Crippen LogP contribution < -0.4 is 4.90 Å². The normalized spacial score (nSPS) is 14.9. The summed E-state index contributed by atoms with van der Waals surface area (Å²) in [5.41, 5.74) is 2.12. The molecule has 0 saturated carbocycles. The number of hydrogen-bond acceptors (Lipinski definition) is 3. The van der Waals surface area contributed by atoms with Crippen molar-refractivity contribution in [2.45, 2.75) is 6.42 Å². The van der Waals surface area contributed by atoms with Crippen molar-refractivity contribution in [2.24, 2.45) is 0 Å². The largest absolute Gasteiger partial charge is 0.504 e. The van der Waals surface area contributed by atoms with E-state index in [0.29, 0.717) is 0 Å². The lowest BCUT2D eigenvalue weighted by atomic mass is 10.1. The van der Waals surface area contributed by atoms with E-state index in [0.717, 1.165) is 24.2 Å². The van der Waals surface area contributed by atoms with Gasteiger partial charge in [-0.3, -0.25) is 0 Å². The van der Waals surface area contributed by atoms with Gasteiger partial charge in [0.1, 0.15) is 0 Å². The number of hydrogen-bond donors (Lipinski definition) is 2. The van der Waals surface area contributed by atoms with Gasteiger partial charge in [0.25, 0.3) is 0 Å². The van der Waals surface area contributed by atoms with Gasteiger partial charge in [-0.15, -0.1) is 0 Å². The molecule has 0 fully saturated rings. The Bertz CT molecular complexity index is 323. The van der Waals surface area contributed by atoms with Gasteiger partial charge >= 0.3 is 0 Å². The number of likely N-dealkylation sites (N-methyl/N-ethyl adjacent to an activating group) is 1. The van der Waals surface area contributed by atoms with E-state index in [4.69, 9.17) is 0 Å². The summed E-state index contributed by atoms with van der Waals surface area (Å²) >= 11 is 0. The van der Waals surface area contributed by atoms with Gasteiger partial charge in [-0.2, -0.15) is 0 Å². The van der Waals surface area contributed by atoms with Crippen LogP contribution in [0.15, 0.2) is 12.1 Å². The molecule has 1 aliphatic heterocycles. The topological polar surface area (TPSA) is 43.7 Å². The van der Waals surface area contributed by atoms with Gasteiger partial charge in [0, 0.05) is 25.3 Å². The molecule has 3 heteroatoms. The Morgan fingerprint density at radius 2 is 1.92 bits per heavy atom. The number of rotatable bonds is 0. The second-order valence-corrected chi connectivity index (χ2v) is 3.14. The number of phenolic OH excluding ortho intramolecular Hbond substituents is 2. The van der Waals surface area contributed by atoms with Gasteiger partial charge in [-0.1, -0.05) is 0 Å². The molecule has 0 saturated heterocycles. The first-order valence-electron chi connectivity index (χ1n) is 3.94. The first-order valence-corrected chi connectivity index (χ1v) is 3.94. The molecule has 0 atom stereocenters. The van der Waals surface area contributed by atoms with Gasteiger partial charge in [0.15, 0.2) is 11.5 Å². The molecule has 1 aromatic rings. The second kappa shape index (κ2) is 2.30. The van der Waals surface area contributed by atoms with E-state index in [9.17, 15) is 10.2 Å². The molecular weight excluding hydrogens is 154 g/mol. The van der Waals surface area contributed by atoms with Crippen LogP contribution in [0.2, 0.25) is 0 Å². The van der Waals surface area contributed by atoms with E-state index in [1.165, 1.54) is 0 Å². The minimum Gasteiger partial charge on any atom is -0.504 e. The molecule has 1 aromatic carbocycles. The van der Waals surface area contributed by atoms with E-state index in [-0.39, 0.29) is 11.5 Å². The molecular formula is C9H11NO2. The standard InChI is InChI=1S/C9H11NO2/c1-10-3-2-6-4-8(11)9(12)5-7(6)10/h4-5,11-12H,2-3H2,1H3. The van der Waals surface area contributed by atoms with E-state index < -0.39 is 0 Å². The van der Waals surface area contributed by atoms with Gasteiger partial charge in [-0.25, -0.2) is 0 Å². The fourth-order valence-corrected chi connectivity index (χ4v) is 1.57. The Balaban J connectivity index is 2.56. The fraction of sp³-hybridized carbons (Fsp3) is 0.333. The Morgan fingerprint density at radius 1 is 1.25 bits per heavy atom. The number of nitrogens with zero attached hydrogens (tertiary/aromatic N) is 1. The van der Waals surface area contributed by atoms with E-state index >= 15 is 0 Å². The lowest BCUT2D eigenvalue weighted by Crippen LogP contribution is -2.12. The third-order valence-electron chi connectivity index (χ3n) is 2.30. The molecule has 12 heavy (non-hydrogen) atoms. The van der Waals surface area contributed by atoms with Gasteiger partial charge < -0.3 is 15.1 Å². The molecule has 0 unspecified atom stereocenters. The van der Waals surface area contributed by atoms with Crippen molar-refractivity contribution < 1.29 is 10.2 Å². The van der Waals surface area contributed by atoms with E-state index in [2.05, 4.69) is 4.90 Å². The summed E-state index contributed by atoms with van der Waals surface area (Å²) in [5, 5.41) is 18.4. The minimum atomic E-state index is -0.0394. The van der Waals surface area contributed by atoms with Crippen molar-refractivity contribution >= 4 is 5.69 Å². The fourth-order valence-electron chi connectivity index (χ4n) is 1.57. The van der Waals surface area contributed by atoms with E-state index in [1.54, 1.807) is 12.1 Å². The van der Waals surface area contributed by atoms with Crippen LogP contribution in [0, 0.1) is 0 Å². The summed E-state index contributed by atoms with van der Waals surface area (Å²) in [6.45, 7) is 0.957. The summed E-state index contributed by atoms with van der Waals surface area (Å²) in [4.78, 5) is 2.06. The van der Waals surface area contributed by atoms with Crippen LogP contribution in [0.1, 0.15) is 5.56 Å². The molecule has 1 heterocycles. The number of benzene rings is 1. The SMILES string of the molecule is CN1CCc2cc(O)c(O)cc21. The molecule has 64 valence electrons. The quantitative estimate of drug-likeness (QED) is 0.565. The predicted molar refractivity (Wildman–Crippen MR) is 46.7 cm³/mol. The van der Waals surface area contributed by atoms with Crippen molar-refractivity contribution in [3.8, 4) is 11.5 Å². The monoisotopic (exact) mass is 165 g/mol. The maximum atomic E-state index is 9.22. The zero-order valence-corrected chi connectivity index (χ0v) is 6.91. The Kier molecular flexibility index (Phi) is 1.40. The van der Waals surface area contributed by atoms with Crippen LogP contribution in [0.5, 0.6) is 11.5 Å². The highest BCUT2D eigenvalue weighted by molar-refractivity contribution is 5.63. The minimum absolute atomic E-state index is 0.0240. The highest BCUT2D eigenvalue weighted by atomic mass is 16.3. The summed E-state index contributed by atoms with van der Waals surface area (Å²) < 4.78 is 0. The van der Waals surface area contributed by atoms with Gasteiger partial charge in [-0.05, 0) is 18.1 Å². The third kappa shape index (κ3) is 0.897. The zero-order valence-electron chi connectivity index (χ0n) is 6.91. The summed E-state index contributed by atoms with van der Waals surface area (Å²) in [7, 11) is 1.97. The number of aromatic hydroxyl groups is 2. The molecule has 3 nitrogen and oxygen atoms in total. The maximum Gasteiger partial charge on any atom is 0.159 e.